The number of hydrogen-bond acceptors (Lipinski definition) is 7. The van der Waals surface area contributed by atoms with E-state index >= 15 is 0 Å². The number of carbonyl (C=O) groups is 3. The molecule has 1 heterocycles. The van der Waals surface area contributed by atoms with Gasteiger partial charge in [0.1, 0.15) is 18.4 Å². The molecule has 1 aliphatic heterocycles. The van der Waals surface area contributed by atoms with Crippen LogP contribution in [0.3, 0.4) is 0 Å². The van der Waals surface area contributed by atoms with E-state index in [1.165, 1.54) is 18.1 Å². The Morgan fingerprint density at radius 1 is 1.29 bits per heavy atom. The molecule has 0 spiro atoms. The fraction of sp³-hybridized carbons (Fsp3) is 0.429. The number of esters is 1. The maximum absolute atomic E-state index is 12.3. The third-order valence-electron chi connectivity index (χ3n) is 4.35. The van der Waals surface area contributed by atoms with Crippen molar-refractivity contribution in [3.8, 4) is 5.75 Å². The molecule has 1 aromatic carbocycles. The lowest BCUT2D eigenvalue weighted by Crippen LogP contribution is -2.60. The molecule has 1 aromatic rings. The van der Waals surface area contributed by atoms with Crippen molar-refractivity contribution < 1.29 is 28.6 Å². The first-order valence-electron chi connectivity index (χ1n) is 9.89. The summed E-state index contributed by atoms with van der Waals surface area (Å²) in [5, 5.41) is 5.35. The summed E-state index contributed by atoms with van der Waals surface area (Å²) >= 11 is 5.31. The number of piperazine rings is 1. The number of nitrogens with zero attached hydrogens (tertiary/aromatic N) is 1. The van der Waals surface area contributed by atoms with E-state index in [1.54, 1.807) is 6.08 Å². The summed E-state index contributed by atoms with van der Waals surface area (Å²) in [6.45, 7) is 3.57. The maximum Gasteiger partial charge on any atom is 0.308 e. The molecule has 1 fully saturated rings. The predicted octanol–water partition coefficient (Wildman–Crippen LogP) is 0.880. The Morgan fingerprint density at radius 2 is 2.03 bits per heavy atom. The summed E-state index contributed by atoms with van der Waals surface area (Å²) in [5.74, 6) is -0.586. The number of benzene rings is 1. The van der Waals surface area contributed by atoms with Crippen molar-refractivity contribution in [3.05, 3.63) is 35.9 Å². The van der Waals surface area contributed by atoms with E-state index < -0.39 is 17.9 Å². The Kier molecular flexibility index (Phi) is 9.92. The summed E-state index contributed by atoms with van der Waals surface area (Å²) in [7, 11) is 1.50. The van der Waals surface area contributed by atoms with Crippen molar-refractivity contribution in [2.24, 2.45) is 0 Å². The molecule has 0 bridgehead atoms. The van der Waals surface area contributed by atoms with Crippen molar-refractivity contribution in [2.75, 3.05) is 40.0 Å². The molecule has 2 rings (SSSR count). The van der Waals surface area contributed by atoms with Crippen LogP contribution >= 0.6 is 12.2 Å². The van der Waals surface area contributed by atoms with E-state index in [1.807, 2.05) is 31.2 Å². The first-order chi connectivity index (χ1) is 14.9. The highest BCUT2D eigenvalue weighted by molar-refractivity contribution is 7.80. The Labute approximate surface area is 186 Å². The SMILES string of the molecule is CCOc1ccc(/C=C/C(=O)NC(=S)N2CCNC(=O)C2CC(=O)OCCOC)cc1. The standard InChI is InChI=1S/C21H27N3O6S/c1-3-29-16-7-4-15(5-8-16)6-9-18(25)23-21(31)24-11-10-22-20(27)17(24)14-19(26)30-13-12-28-2/h4-9,17H,3,10-14H2,1-2H3,(H,22,27)(H,23,25,31)/b9-6+. The molecule has 0 radical (unpaired) electrons. The molecule has 2 N–H and O–H groups in total. The lowest BCUT2D eigenvalue weighted by atomic mass is 10.1. The molecule has 10 heteroatoms. The number of hydrogen-bond donors (Lipinski definition) is 2. The van der Waals surface area contributed by atoms with E-state index in [0.29, 0.717) is 19.7 Å². The molecule has 168 valence electrons. The summed E-state index contributed by atoms with van der Waals surface area (Å²) in [4.78, 5) is 38.1. The predicted molar refractivity (Wildman–Crippen MR) is 118 cm³/mol. The molecule has 0 saturated carbocycles. The van der Waals surface area contributed by atoms with Crippen LogP contribution in [0, 0.1) is 0 Å². The van der Waals surface area contributed by atoms with Crippen LogP contribution < -0.4 is 15.4 Å². The zero-order valence-corrected chi connectivity index (χ0v) is 18.4. The average Bonchev–Trinajstić information content (AvgIpc) is 2.75. The van der Waals surface area contributed by atoms with Crippen LogP contribution in [0.15, 0.2) is 30.3 Å². The van der Waals surface area contributed by atoms with Gasteiger partial charge in [-0.1, -0.05) is 12.1 Å². The lowest BCUT2D eigenvalue weighted by molar-refractivity contribution is -0.148. The Bertz CT molecular complexity index is 812. The third kappa shape index (κ3) is 7.99. The van der Waals surface area contributed by atoms with E-state index in [0.717, 1.165) is 11.3 Å². The minimum absolute atomic E-state index is 0.0749. The normalized spacial score (nSPS) is 16.0. The van der Waals surface area contributed by atoms with E-state index in [2.05, 4.69) is 10.6 Å². The monoisotopic (exact) mass is 449 g/mol. The van der Waals surface area contributed by atoms with Crippen LogP contribution in [0.1, 0.15) is 18.9 Å². The van der Waals surface area contributed by atoms with Crippen molar-refractivity contribution in [2.45, 2.75) is 19.4 Å². The number of rotatable bonds is 9. The summed E-state index contributed by atoms with van der Waals surface area (Å²) < 4.78 is 15.2. The van der Waals surface area contributed by atoms with E-state index in [4.69, 9.17) is 26.4 Å². The van der Waals surface area contributed by atoms with Crippen LogP contribution in [0.2, 0.25) is 0 Å². The van der Waals surface area contributed by atoms with Crippen molar-refractivity contribution in [1.82, 2.24) is 15.5 Å². The summed E-state index contributed by atoms with van der Waals surface area (Å²) in [5.41, 5.74) is 0.818. The Balaban J connectivity index is 1.93. The van der Waals surface area contributed by atoms with Gasteiger partial charge in [-0.25, -0.2) is 0 Å². The number of thiocarbonyl (C=S) groups is 1. The van der Waals surface area contributed by atoms with Crippen LogP contribution in [0.4, 0.5) is 0 Å². The van der Waals surface area contributed by atoms with Gasteiger partial charge in [-0.3, -0.25) is 19.7 Å². The fourth-order valence-electron chi connectivity index (χ4n) is 2.85. The fourth-order valence-corrected chi connectivity index (χ4v) is 3.17. The molecule has 0 aromatic heterocycles. The minimum atomic E-state index is -0.855. The van der Waals surface area contributed by atoms with Gasteiger partial charge in [0.15, 0.2) is 5.11 Å². The highest BCUT2D eigenvalue weighted by atomic mass is 32.1. The van der Waals surface area contributed by atoms with Crippen LogP contribution in [0.25, 0.3) is 6.08 Å². The number of methoxy groups -OCH3 is 1. The number of ether oxygens (including phenoxy) is 3. The quantitative estimate of drug-likeness (QED) is 0.248. The molecule has 0 aliphatic carbocycles. The smallest absolute Gasteiger partial charge is 0.308 e. The molecule has 31 heavy (non-hydrogen) atoms. The second-order valence-corrected chi connectivity index (χ2v) is 6.93. The van der Waals surface area contributed by atoms with Gasteiger partial charge < -0.3 is 24.4 Å². The van der Waals surface area contributed by atoms with E-state index in [-0.39, 0.29) is 30.7 Å². The van der Waals surface area contributed by atoms with E-state index in [9.17, 15) is 14.4 Å². The number of amides is 2. The third-order valence-corrected chi connectivity index (χ3v) is 4.69. The van der Waals surface area contributed by atoms with Crippen LogP contribution in [-0.4, -0.2) is 73.9 Å². The van der Waals surface area contributed by atoms with Gasteiger partial charge in [0.2, 0.25) is 11.8 Å². The zero-order valence-electron chi connectivity index (χ0n) is 17.6. The molecule has 9 nitrogen and oxygen atoms in total. The number of nitrogens with one attached hydrogen (secondary N) is 2. The van der Waals surface area contributed by atoms with Crippen molar-refractivity contribution in [3.63, 3.8) is 0 Å². The topological polar surface area (TPSA) is 106 Å². The second-order valence-electron chi connectivity index (χ2n) is 6.55. The molecular weight excluding hydrogens is 422 g/mol. The summed E-state index contributed by atoms with van der Waals surface area (Å²) in [6.07, 6.45) is 2.80. The first-order valence-corrected chi connectivity index (χ1v) is 10.3. The van der Waals surface area contributed by atoms with Gasteiger partial charge >= 0.3 is 5.97 Å². The second kappa shape index (κ2) is 12.7. The largest absolute Gasteiger partial charge is 0.494 e. The molecule has 1 unspecified atom stereocenters. The molecule has 2 amide bonds. The summed E-state index contributed by atoms with van der Waals surface area (Å²) in [6, 6.07) is 6.43. The minimum Gasteiger partial charge on any atom is -0.494 e. The Morgan fingerprint density at radius 3 is 2.71 bits per heavy atom. The molecular formula is C21H27N3O6S. The van der Waals surface area contributed by atoms with Gasteiger partial charge in [-0.2, -0.15) is 0 Å². The molecule has 1 saturated heterocycles. The lowest BCUT2D eigenvalue weighted by Gasteiger charge is -2.36. The molecule has 1 aliphatic rings. The van der Waals surface area contributed by atoms with Gasteiger partial charge in [-0.15, -0.1) is 0 Å². The molecule has 1 atom stereocenters. The van der Waals surface area contributed by atoms with Gasteiger partial charge in [0.25, 0.3) is 0 Å². The van der Waals surface area contributed by atoms with Gasteiger partial charge in [-0.05, 0) is 42.9 Å². The van der Waals surface area contributed by atoms with Crippen molar-refractivity contribution >= 4 is 41.2 Å². The van der Waals surface area contributed by atoms with Gasteiger partial charge in [0, 0.05) is 26.3 Å². The van der Waals surface area contributed by atoms with Crippen LogP contribution in [-0.2, 0) is 23.9 Å². The first kappa shape index (κ1) is 24.3. The highest BCUT2D eigenvalue weighted by Gasteiger charge is 2.34. The Hall–Kier alpha value is -2.98. The number of carbonyl (C=O) groups excluding carboxylic acids is 3. The van der Waals surface area contributed by atoms with Crippen LogP contribution in [0.5, 0.6) is 5.75 Å². The zero-order chi connectivity index (χ0) is 22.6. The van der Waals surface area contributed by atoms with Gasteiger partial charge in [0.05, 0.1) is 19.6 Å². The average molecular weight is 450 g/mol. The highest BCUT2D eigenvalue weighted by Crippen LogP contribution is 2.13. The maximum atomic E-state index is 12.3. The van der Waals surface area contributed by atoms with Crippen molar-refractivity contribution in [1.29, 1.82) is 0 Å².